The second kappa shape index (κ2) is 8.54. The Bertz CT molecular complexity index is 916. The van der Waals surface area contributed by atoms with Crippen LogP contribution in [0.4, 0.5) is 0 Å². The lowest BCUT2D eigenvalue weighted by Gasteiger charge is -2.12. The van der Waals surface area contributed by atoms with Crippen molar-refractivity contribution in [3.05, 3.63) is 34.8 Å². The molecule has 0 aliphatic rings. The Morgan fingerprint density at radius 2 is 1.52 bits per heavy atom. The Hall–Kier alpha value is -2.38. The first-order valence-corrected chi connectivity index (χ1v) is 10.2. The highest BCUT2D eigenvalue weighted by molar-refractivity contribution is 7.98. The molecular formula is C20H21NO4S2. The molecule has 0 spiro atoms. The van der Waals surface area contributed by atoms with E-state index in [0.29, 0.717) is 17.2 Å². The van der Waals surface area contributed by atoms with Crippen molar-refractivity contribution in [3.63, 3.8) is 0 Å². The van der Waals surface area contributed by atoms with E-state index in [2.05, 4.69) is 11.1 Å². The monoisotopic (exact) mass is 403 g/mol. The molecule has 0 aliphatic heterocycles. The highest BCUT2D eigenvalue weighted by Crippen LogP contribution is 2.39. The highest BCUT2D eigenvalue weighted by atomic mass is 32.2. The van der Waals surface area contributed by atoms with E-state index in [1.165, 1.54) is 0 Å². The van der Waals surface area contributed by atoms with E-state index in [9.17, 15) is 0 Å². The Morgan fingerprint density at radius 1 is 0.852 bits per heavy atom. The number of ether oxygens (including phenoxy) is 4. The summed E-state index contributed by atoms with van der Waals surface area (Å²) in [5.74, 6) is 2.67. The zero-order valence-corrected chi connectivity index (χ0v) is 17.5. The summed E-state index contributed by atoms with van der Waals surface area (Å²) in [5, 5.41) is 0.916. The van der Waals surface area contributed by atoms with Gasteiger partial charge in [0.2, 0.25) is 5.75 Å². The molecule has 1 aromatic heterocycles. The van der Waals surface area contributed by atoms with Crippen molar-refractivity contribution in [2.45, 2.75) is 4.90 Å². The lowest BCUT2D eigenvalue weighted by Crippen LogP contribution is -1.95. The third kappa shape index (κ3) is 3.99. The Kier molecular flexibility index (Phi) is 6.13. The number of methoxy groups -OCH3 is 4. The summed E-state index contributed by atoms with van der Waals surface area (Å²) < 4.78 is 22.7. The molecule has 0 N–H and O–H groups in total. The van der Waals surface area contributed by atoms with Gasteiger partial charge in [-0.05, 0) is 36.1 Å². The molecule has 7 heteroatoms. The predicted octanol–water partition coefficient (Wildman–Crippen LogP) is 5.22. The van der Waals surface area contributed by atoms with Gasteiger partial charge in [-0.1, -0.05) is 6.08 Å². The quantitative estimate of drug-likeness (QED) is 0.504. The molecule has 5 nitrogen and oxygen atoms in total. The lowest BCUT2D eigenvalue weighted by atomic mass is 10.1. The summed E-state index contributed by atoms with van der Waals surface area (Å²) in [7, 11) is 6.48. The van der Waals surface area contributed by atoms with Crippen molar-refractivity contribution in [3.8, 4) is 23.0 Å². The van der Waals surface area contributed by atoms with E-state index < -0.39 is 0 Å². The zero-order valence-electron chi connectivity index (χ0n) is 15.9. The van der Waals surface area contributed by atoms with Crippen molar-refractivity contribution in [2.24, 2.45) is 0 Å². The minimum Gasteiger partial charge on any atom is -0.496 e. The first kappa shape index (κ1) is 19.4. The number of thioether (sulfide) groups is 1. The van der Waals surface area contributed by atoms with Gasteiger partial charge in [-0.2, -0.15) is 0 Å². The number of thiazole rings is 1. The van der Waals surface area contributed by atoms with Crippen LogP contribution in [0.1, 0.15) is 10.6 Å². The lowest BCUT2D eigenvalue weighted by molar-refractivity contribution is 0.324. The molecule has 0 unspecified atom stereocenters. The van der Waals surface area contributed by atoms with Crippen molar-refractivity contribution in [1.29, 1.82) is 0 Å². The summed E-state index contributed by atoms with van der Waals surface area (Å²) in [4.78, 5) is 5.79. The van der Waals surface area contributed by atoms with Gasteiger partial charge in [-0.3, -0.25) is 0 Å². The van der Waals surface area contributed by atoms with Crippen LogP contribution in [0, 0.1) is 0 Å². The molecule has 3 aromatic rings. The van der Waals surface area contributed by atoms with Crippen LogP contribution in [0.2, 0.25) is 0 Å². The van der Waals surface area contributed by atoms with Gasteiger partial charge in [-0.25, -0.2) is 4.98 Å². The number of rotatable bonds is 7. The number of benzene rings is 2. The summed E-state index contributed by atoms with van der Waals surface area (Å²) in [6.07, 6.45) is 6.00. The molecule has 0 amide bonds. The van der Waals surface area contributed by atoms with E-state index in [0.717, 1.165) is 31.4 Å². The summed E-state index contributed by atoms with van der Waals surface area (Å²) in [6, 6.07) is 7.90. The fourth-order valence-corrected chi connectivity index (χ4v) is 4.25. The highest BCUT2D eigenvalue weighted by Gasteiger charge is 2.12. The molecule has 2 aromatic carbocycles. The first-order valence-electron chi connectivity index (χ1n) is 8.14. The van der Waals surface area contributed by atoms with Gasteiger partial charge >= 0.3 is 0 Å². The van der Waals surface area contributed by atoms with Gasteiger partial charge in [0, 0.05) is 6.07 Å². The van der Waals surface area contributed by atoms with Gasteiger partial charge < -0.3 is 18.9 Å². The van der Waals surface area contributed by atoms with Gasteiger partial charge in [-0.15, -0.1) is 23.1 Å². The Labute approximate surface area is 166 Å². The second-order valence-corrected chi connectivity index (χ2v) is 7.43. The number of hydrogen-bond donors (Lipinski definition) is 0. The van der Waals surface area contributed by atoms with Gasteiger partial charge in [0.05, 0.1) is 43.6 Å². The minimum absolute atomic E-state index is 0.578. The zero-order chi connectivity index (χ0) is 19.4. The number of nitrogens with zero attached hydrogens (tertiary/aromatic N) is 1. The molecule has 0 saturated carbocycles. The molecule has 27 heavy (non-hydrogen) atoms. The van der Waals surface area contributed by atoms with E-state index in [-0.39, 0.29) is 0 Å². The van der Waals surface area contributed by atoms with Crippen LogP contribution in [-0.2, 0) is 0 Å². The molecule has 0 atom stereocenters. The first-order chi connectivity index (χ1) is 13.1. The van der Waals surface area contributed by atoms with E-state index in [4.69, 9.17) is 18.9 Å². The van der Waals surface area contributed by atoms with Crippen LogP contribution in [0.15, 0.2) is 29.2 Å². The van der Waals surface area contributed by atoms with E-state index in [1.54, 1.807) is 51.5 Å². The van der Waals surface area contributed by atoms with Crippen LogP contribution >= 0.6 is 23.1 Å². The molecule has 0 fully saturated rings. The third-order valence-electron chi connectivity index (χ3n) is 4.02. The van der Waals surface area contributed by atoms with Crippen LogP contribution < -0.4 is 18.9 Å². The molecule has 0 aliphatic carbocycles. The summed E-state index contributed by atoms with van der Waals surface area (Å²) >= 11 is 3.30. The average Bonchev–Trinajstić information content (AvgIpc) is 3.11. The van der Waals surface area contributed by atoms with Gasteiger partial charge in [0.25, 0.3) is 0 Å². The van der Waals surface area contributed by atoms with Crippen LogP contribution in [0.5, 0.6) is 23.0 Å². The molecule has 0 saturated heterocycles. The summed E-state index contributed by atoms with van der Waals surface area (Å²) in [6.45, 7) is 0. The fourth-order valence-electron chi connectivity index (χ4n) is 2.71. The maximum absolute atomic E-state index is 5.44. The molecule has 3 rings (SSSR count). The van der Waals surface area contributed by atoms with Crippen molar-refractivity contribution < 1.29 is 18.9 Å². The molecule has 1 heterocycles. The van der Waals surface area contributed by atoms with Gasteiger partial charge in [0.15, 0.2) is 11.5 Å². The van der Waals surface area contributed by atoms with Crippen LogP contribution in [0.25, 0.3) is 22.4 Å². The minimum atomic E-state index is 0.578. The van der Waals surface area contributed by atoms with Gasteiger partial charge in [0.1, 0.15) is 10.8 Å². The third-order valence-corrected chi connectivity index (χ3v) is 5.76. The van der Waals surface area contributed by atoms with E-state index in [1.807, 2.05) is 36.6 Å². The van der Waals surface area contributed by atoms with Crippen LogP contribution in [-0.4, -0.2) is 39.7 Å². The van der Waals surface area contributed by atoms with Crippen molar-refractivity contribution in [2.75, 3.05) is 34.7 Å². The molecule has 0 radical (unpaired) electrons. The second-order valence-electron chi connectivity index (χ2n) is 5.52. The van der Waals surface area contributed by atoms with Crippen molar-refractivity contribution >= 4 is 45.5 Å². The summed E-state index contributed by atoms with van der Waals surface area (Å²) in [5.41, 5.74) is 1.87. The predicted molar refractivity (Wildman–Crippen MR) is 113 cm³/mol. The topological polar surface area (TPSA) is 49.8 Å². The normalized spacial score (nSPS) is 11.1. The maximum Gasteiger partial charge on any atom is 0.203 e. The SMILES string of the molecule is COc1cc2nc(C=Cc3cc(OC)c(OC)c(OC)c3)sc2cc1SC. The largest absolute Gasteiger partial charge is 0.496 e. The number of aromatic nitrogens is 1. The molecule has 142 valence electrons. The smallest absolute Gasteiger partial charge is 0.203 e. The van der Waals surface area contributed by atoms with E-state index >= 15 is 0 Å². The number of fused-ring (bicyclic) bond motifs is 1. The number of hydrogen-bond acceptors (Lipinski definition) is 7. The standard InChI is InChI=1S/C20H21NO4S2/c1-22-14-10-13-17(11-18(14)26-5)27-19(21-13)7-6-12-8-15(23-2)20(25-4)16(9-12)24-3/h6-11H,1-5H3. The molecular weight excluding hydrogens is 382 g/mol. The Balaban J connectivity index is 1.96. The van der Waals surface area contributed by atoms with Crippen molar-refractivity contribution in [1.82, 2.24) is 4.98 Å². The van der Waals surface area contributed by atoms with Crippen LogP contribution in [0.3, 0.4) is 0 Å². The fraction of sp³-hybridized carbons (Fsp3) is 0.250. The Morgan fingerprint density at radius 3 is 2.07 bits per heavy atom. The molecule has 0 bridgehead atoms. The maximum atomic E-state index is 5.44. The average molecular weight is 404 g/mol.